The Morgan fingerprint density at radius 2 is 1.87 bits per heavy atom. The molecule has 1 aromatic heterocycles. The molecule has 0 aliphatic heterocycles. The number of aliphatic imine (C=N–C) groups is 1. The molecule has 0 fully saturated rings. The summed E-state index contributed by atoms with van der Waals surface area (Å²) in [7, 11) is 3.47. The minimum atomic E-state index is 0. The maximum Gasteiger partial charge on any atom is 0.191 e. The van der Waals surface area contributed by atoms with Crippen LogP contribution in [0.5, 0.6) is 5.75 Å². The van der Waals surface area contributed by atoms with Crippen molar-refractivity contribution < 1.29 is 9.47 Å². The van der Waals surface area contributed by atoms with Gasteiger partial charge in [-0.2, -0.15) is 0 Å². The van der Waals surface area contributed by atoms with Crippen molar-refractivity contribution in [3.63, 3.8) is 0 Å². The lowest BCUT2D eigenvalue weighted by Gasteiger charge is -2.15. The second-order valence-corrected chi connectivity index (χ2v) is 7.33. The maximum atomic E-state index is 5.88. The first-order chi connectivity index (χ1) is 14.6. The van der Waals surface area contributed by atoms with Crippen LogP contribution in [0.25, 0.3) is 10.9 Å². The molecule has 0 unspecified atom stereocenters. The van der Waals surface area contributed by atoms with Crippen molar-refractivity contribution in [2.75, 3.05) is 33.9 Å². The highest BCUT2D eigenvalue weighted by molar-refractivity contribution is 14.0. The number of rotatable bonds is 9. The number of guanidine groups is 1. The van der Waals surface area contributed by atoms with Crippen molar-refractivity contribution >= 4 is 40.8 Å². The molecule has 0 saturated carbocycles. The van der Waals surface area contributed by atoms with Crippen LogP contribution in [-0.2, 0) is 17.7 Å². The van der Waals surface area contributed by atoms with Crippen LogP contribution >= 0.6 is 24.0 Å². The van der Waals surface area contributed by atoms with E-state index in [0.29, 0.717) is 19.8 Å². The van der Waals surface area contributed by atoms with Crippen molar-refractivity contribution in [1.82, 2.24) is 15.6 Å². The molecule has 0 aliphatic carbocycles. The lowest BCUT2D eigenvalue weighted by atomic mass is 10.1. The van der Waals surface area contributed by atoms with Crippen molar-refractivity contribution in [3.8, 4) is 5.75 Å². The van der Waals surface area contributed by atoms with E-state index in [1.165, 1.54) is 27.7 Å². The Hall–Kier alpha value is -2.26. The molecule has 0 aliphatic rings. The van der Waals surface area contributed by atoms with E-state index in [-0.39, 0.29) is 24.0 Å². The monoisotopic (exact) mass is 536 g/mol. The molecule has 31 heavy (non-hydrogen) atoms. The van der Waals surface area contributed by atoms with Crippen LogP contribution in [0.2, 0.25) is 0 Å². The van der Waals surface area contributed by atoms with E-state index in [9.17, 15) is 0 Å². The number of ether oxygens (including phenoxy) is 2. The molecule has 6 nitrogen and oxygen atoms in total. The molecule has 2 aromatic carbocycles. The van der Waals surface area contributed by atoms with Crippen LogP contribution in [0.1, 0.15) is 22.4 Å². The number of hydrogen-bond acceptors (Lipinski definition) is 3. The van der Waals surface area contributed by atoms with Crippen molar-refractivity contribution in [1.29, 1.82) is 0 Å². The van der Waals surface area contributed by atoms with Crippen LogP contribution in [0, 0.1) is 13.8 Å². The average molecular weight is 536 g/mol. The number of benzene rings is 2. The van der Waals surface area contributed by atoms with Gasteiger partial charge in [-0.05, 0) is 43.5 Å². The molecule has 168 valence electrons. The highest BCUT2D eigenvalue weighted by Gasteiger charge is 2.09. The fourth-order valence-electron chi connectivity index (χ4n) is 3.54. The van der Waals surface area contributed by atoms with Crippen LogP contribution in [0.15, 0.2) is 47.5 Å². The lowest BCUT2D eigenvalue weighted by Crippen LogP contribution is -2.38. The molecule has 0 atom stereocenters. The summed E-state index contributed by atoms with van der Waals surface area (Å²) in [5.74, 6) is 1.65. The quantitative estimate of drug-likeness (QED) is 0.165. The summed E-state index contributed by atoms with van der Waals surface area (Å²) >= 11 is 0. The molecular formula is C24H33IN4O2. The molecule has 3 N–H and O–H groups in total. The number of halogens is 1. The summed E-state index contributed by atoms with van der Waals surface area (Å²) in [6.07, 6.45) is 0.923. The summed E-state index contributed by atoms with van der Waals surface area (Å²) in [6.45, 7) is 6.72. The normalized spacial score (nSPS) is 11.3. The van der Waals surface area contributed by atoms with Gasteiger partial charge in [-0.3, -0.25) is 4.99 Å². The third-order valence-electron chi connectivity index (χ3n) is 5.13. The van der Waals surface area contributed by atoms with E-state index in [1.807, 2.05) is 0 Å². The van der Waals surface area contributed by atoms with E-state index in [0.717, 1.165) is 30.2 Å². The van der Waals surface area contributed by atoms with Gasteiger partial charge in [0.15, 0.2) is 5.96 Å². The van der Waals surface area contributed by atoms with Gasteiger partial charge in [-0.25, -0.2) is 0 Å². The summed E-state index contributed by atoms with van der Waals surface area (Å²) < 4.78 is 11.0. The first-order valence-corrected chi connectivity index (χ1v) is 10.3. The Morgan fingerprint density at radius 1 is 1.06 bits per heavy atom. The largest absolute Gasteiger partial charge is 0.491 e. The third-order valence-corrected chi connectivity index (χ3v) is 5.13. The molecule has 0 amide bonds. The Kier molecular flexibility index (Phi) is 10.1. The predicted molar refractivity (Wildman–Crippen MR) is 139 cm³/mol. The topological polar surface area (TPSA) is 70.7 Å². The average Bonchev–Trinajstić information content (AvgIpc) is 3.07. The van der Waals surface area contributed by atoms with Gasteiger partial charge >= 0.3 is 0 Å². The van der Waals surface area contributed by atoms with Crippen LogP contribution in [0.4, 0.5) is 0 Å². The number of aromatic amines is 1. The number of nitrogens with one attached hydrogen (secondary N) is 3. The van der Waals surface area contributed by atoms with E-state index in [4.69, 9.17) is 9.47 Å². The molecule has 3 rings (SSSR count). The second kappa shape index (κ2) is 12.6. The van der Waals surface area contributed by atoms with E-state index in [1.54, 1.807) is 14.2 Å². The van der Waals surface area contributed by atoms with Crippen molar-refractivity contribution in [2.45, 2.75) is 26.8 Å². The summed E-state index contributed by atoms with van der Waals surface area (Å²) in [4.78, 5) is 7.82. The van der Waals surface area contributed by atoms with Gasteiger partial charge in [0.1, 0.15) is 12.4 Å². The van der Waals surface area contributed by atoms with Gasteiger partial charge in [0.25, 0.3) is 0 Å². The molecule has 1 heterocycles. The number of aromatic nitrogens is 1. The van der Waals surface area contributed by atoms with Gasteiger partial charge < -0.3 is 25.1 Å². The fourth-order valence-corrected chi connectivity index (χ4v) is 3.54. The minimum Gasteiger partial charge on any atom is -0.491 e. The summed E-state index contributed by atoms with van der Waals surface area (Å²) in [5, 5.41) is 8.09. The zero-order chi connectivity index (χ0) is 21.3. The van der Waals surface area contributed by atoms with Gasteiger partial charge in [-0.15, -0.1) is 24.0 Å². The van der Waals surface area contributed by atoms with Crippen LogP contribution in [0.3, 0.4) is 0 Å². The van der Waals surface area contributed by atoms with Gasteiger partial charge in [-0.1, -0.05) is 30.3 Å². The minimum absolute atomic E-state index is 0. The zero-order valence-electron chi connectivity index (χ0n) is 18.7. The number of H-pyrrole nitrogens is 1. The Morgan fingerprint density at radius 3 is 2.65 bits per heavy atom. The number of fused-ring (bicyclic) bond motifs is 1. The molecule has 3 aromatic rings. The molecule has 0 spiro atoms. The fraction of sp³-hybridized carbons (Fsp3) is 0.375. The number of para-hydroxylation sites is 1. The first kappa shape index (κ1) is 25.0. The highest BCUT2D eigenvalue weighted by Crippen LogP contribution is 2.22. The van der Waals surface area contributed by atoms with Crippen LogP contribution in [-0.4, -0.2) is 44.9 Å². The van der Waals surface area contributed by atoms with Crippen molar-refractivity contribution in [2.24, 2.45) is 4.99 Å². The van der Waals surface area contributed by atoms with E-state index < -0.39 is 0 Å². The van der Waals surface area contributed by atoms with Crippen LogP contribution < -0.4 is 15.4 Å². The molecule has 0 bridgehead atoms. The molecule has 0 saturated heterocycles. The number of aryl methyl sites for hydroxylation is 2. The highest BCUT2D eigenvalue weighted by atomic mass is 127. The first-order valence-electron chi connectivity index (χ1n) is 10.3. The SMILES string of the molecule is CN=C(NCCc1c(C)[nH]c2ccccc12)NCc1ccc(C)cc1OCCOC.I. The van der Waals surface area contributed by atoms with Gasteiger partial charge in [0.2, 0.25) is 0 Å². The smallest absolute Gasteiger partial charge is 0.191 e. The second-order valence-electron chi connectivity index (χ2n) is 7.33. The predicted octanol–water partition coefficient (Wildman–Crippen LogP) is 4.34. The standard InChI is InChI=1S/C24H32N4O2.HI/c1-17-9-10-19(23(15-17)30-14-13-29-4)16-27-24(25-3)26-12-11-20-18(2)28-22-8-6-5-7-21(20)22;/h5-10,15,28H,11-14,16H2,1-4H3,(H2,25,26,27);1H. The number of hydrogen-bond donors (Lipinski definition) is 3. The summed E-state index contributed by atoms with van der Waals surface area (Å²) in [5.41, 5.74) is 6.02. The zero-order valence-corrected chi connectivity index (χ0v) is 21.1. The maximum absolute atomic E-state index is 5.88. The number of nitrogens with zero attached hydrogens (tertiary/aromatic N) is 1. The van der Waals surface area contributed by atoms with Gasteiger partial charge in [0, 0.05) is 49.4 Å². The molecular weight excluding hydrogens is 503 g/mol. The molecule has 0 radical (unpaired) electrons. The van der Waals surface area contributed by atoms with E-state index >= 15 is 0 Å². The Bertz CT molecular complexity index is 1000. The van der Waals surface area contributed by atoms with Gasteiger partial charge in [0.05, 0.1) is 6.61 Å². The lowest BCUT2D eigenvalue weighted by molar-refractivity contribution is 0.145. The summed E-state index contributed by atoms with van der Waals surface area (Å²) in [6, 6.07) is 14.7. The third kappa shape index (κ3) is 6.87. The van der Waals surface area contributed by atoms with Crippen molar-refractivity contribution in [3.05, 3.63) is 64.8 Å². The Balaban J connectivity index is 0.00000341. The molecule has 7 heteroatoms. The Labute approximate surface area is 201 Å². The van der Waals surface area contributed by atoms with E-state index in [2.05, 4.69) is 76.9 Å². The number of methoxy groups -OCH3 is 1.